The fourth-order valence-electron chi connectivity index (χ4n) is 2.63. The fraction of sp³-hybridized carbons (Fsp3) is 0.438. The van der Waals surface area contributed by atoms with Crippen LogP contribution in [0.3, 0.4) is 0 Å². The van der Waals surface area contributed by atoms with Crippen molar-refractivity contribution in [3.8, 4) is 5.75 Å². The minimum absolute atomic E-state index is 0.145. The summed E-state index contributed by atoms with van der Waals surface area (Å²) in [6, 6.07) is 6.18. The lowest BCUT2D eigenvalue weighted by atomic mass is 10.2. The molecule has 1 atom stereocenters. The van der Waals surface area contributed by atoms with E-state index in [2.05, 4.69) is 5.32 Å². The number of likely N-dealkylation sites (tertiary alicyclic amines) is 1. The van der Waals surface area contributed by atoms with E-state index in [4.69, 9.17) is 10.5 Å². The van der Waals surface area contributed by atoms with Crippen LogP contribution < -0.4 is 15.8 Å². The van der Waals surface area contributed by atoms with Crippen molar-refractivity contribution < 1.29 is 19.1 Å². The Morgan fingerprint density at radius 3 is 2.61 bits per heavy atom. The summed E-state index contributed by atoms with van der Waals surface area (Å²) >= 11 is 0. The first-order valence-electron chi connectivity index (χ1n) is 7.54. The number of hydrogen-bond donors (Lipinski definition) is 2. The topological polar surface area (TPSA) is 102 Å². The zero-order valence-corrected chi connectivity index (χ0v) is 13.1. The standard InChI is InChI=1S/C16H21N3O4/c1-23-12-6-4-11(5-7-12)16(22)18-9-8-14(20)19-10-2-3-13(19)15(17)21/h4-7,13H,2-3,8-10H2,1H3,(H2,17,21)(H,18,22)/t13-/m0/s1. The van der Waals surface area contributed by atoms with Crippen molar-refractivity contribution in [3.05, 3.63) is 29.8 Å². The molecule has 2 rings (SSSR count). The molecule has 23 heavy (non-hydrogen) atoms. The number of ether oxygens (including phenoxy) is 1. The molecule has 0 unspecified atom stereocenters. The number of nitrogens with two attached hydrogens (primary N) is 1. The third-order valence-electron chi connectivity index (χ3n) is 3.88. The summed E-state index contributed by atoms with van der Waals surface area (Å²) in [7, 11) is 1.55. The molecule has 1 aromatic carbocycles. The molecular formula is C16H21N3O4. The Labute approximate surface area is 134 Å². The van der Waals surface area contributed by atoms with Gasteiger partial charge in [0, 0.05) is 25.1 Å². The Hall–Kier alpha value is -2.57. The van der Waals surface area contributed by atoms with E-state index in [1.807, 2.05) is 0 Å². The number of carbonyl (C=O) groups is 3. The average molecular weight is 319 g/mol. The quantitative estimate of drug-likeness (QED) is 0.787. The third-order valence-corrected chi connectivity index (χ3v) is 3.88. The number of carbonyl (C=O) groups excluding carboxylic acids is 3. The Morgan fingerprint density at radius 1 is 1.30 bits per heavy atom. The van der Waals surface area contributed by atoms with E-state index in [1.54, 1.807) is 31.4 Å². The largest absolute Gasteiger partial charge is 0.497 e. The Morgan fingerprint density at radius 2 is 2.00 bits per heavy atom. The second-order valence-corrected chi connectivity index (χ2v) is 5.38. The van der Waals surface area contributed by atoms with Crippen LogP contribution in [0.1, 0.15) is 29.6 Å². The van der Waals surface area contributed by atoms with Crippen molar-refractivity contribution in [2.45, 2.75) is 25.3 Å². The molecule has 7 heteroatoms. The molecule has 3 amide bonds. The highest BCUT2D eigenvalue weighted by atomic mass is 16.5. The number of hydrogen-bond acceptors (Lipinski definition) is 4. The number of primary amides is 1. The smallest absolute Gasteiger partial charge is 0.251 e. The van der Waals surface area contributed by atoms with Gasteiger partial charge in [0.2, 0.25) is 11.8 Å². The molecule has 1 aliphatic rings. The van der Waals surface area contributed by atoms with Gasteiger partial charge in [0.1, 0.15) is 11.8 Å². The first kappa shape index (κ1) is 16.8. The van der Waals surface area contributed by atoms with E-state index in [-0.39, 0.29) is 24.8 Å². The Kier molecular flexibility index (Phi) is 5.56. The highest BCUT2D eigenvalue weighted by molar-refractivity contribution is 5.94. The molecule has 3 N–H and O–H groups in total. The SMILES string of the molecule is COc1ccc(C(=O)NCCC(=O)N2CCC[C@H]2C(N)=O)cc1. The van der Waals surface area contributed by atoms with Crippen molar-refractivity contribution in [2.24, 2.45) is 5.73 Å². The molecule has 7 nitrogen and oxygen atoms in total. The van der Waals surface area contributed by atoms with Gasteiger partial charge in [-0.1, -0.05) is 0 Å². The van der Waals surface area contributed by atoms with Crippen LogP contribution in [0.4, 0.5) is 0 Å². The number of rotatable bonds is 6. The lowest BCUT2D eigenvalue weighted by molar-refractivity contribution is -0.137. The molecule has 0 saturated carbocycles. The van der Waals surface area contributed by atoms with Crippen LogP contribution in [0.2, 0.25) is 0 Å². The minimum atomic E-state index is -0.514. The van der Waals surface area contributed by atoms with Gasteiger partial charge in [0.15, 0.2) is 0 Å². The minimum Gasteiger partial charge on any atom is -0.497 e. The molecule has 1 saturated heterocycles. The lowest BCUT2D eigenvalue weighted by Gasteiger charge is -2.22. The molecule has 1 aliphatic heterocycles. The fourth-order valence-corrected chi connectivity index (χ4v) is 2.63. The van der Waals surface area contributed by atoms with Crippen molar-refractivity contribution in [3.63, 3.8) is 0 Å². The molecule has 0 aromatic heterocycles. The van der Waals surface area contributed by atoms with Gasteiger partial charge >= 0.3 is 0 Å². The maximum atomic E-state index is 12.1. The van der Waals surface area contributed by atoms with Gasteiger partial charge in [0.25, 0.3) is 5.91 Å². The van der Waals surface area contributed by atoms with Gasteiger partial charge in [-0.15, -0.1) is 0 Å². The van der Waals surface area contributed by atoms with Crippen LogP contribution in [-0.4, -0.2) is 48.9 Å². The second kappa shape index (κ2) is 7.62. The normalized spacial score (nSPS) is 16.9. The van der Waals surface area contributed by atoms with E-state index in [1.165, 1.54) is 4.90 Å². The van der Waals surface area contributed by atoms with Crippen LogP contribution >= 0.6 is 0 Å². The van der Waals surface area contributed by atoms with Gasteiger partial charge in [-0.25, -0.2) is 0 Å². The molecule has 0 radical (unpaired) electrons. The zero-order chi connectivity index (χ0) is 16.8. The summed E-state index contributed by atoms with van der Waals surface area (Å²) in [6.07, 6.45) is 1.53. The summed E-state index contributed by atoms with van der Waals surface area (Å²) < 4.78 is 5.03. The average Bonchev–Trinajstić information content (AvgIpc) is 3.04. The van der Waals surface area contributed by atoms with Gasteiger partial charge < -0.3 is 20.7 Å². The van der Waals surface area contributed by atoms with Crippen LogP contribution in [0, 0.1) is 0 Å². The van der Waals surface area contributed by atoms with Crippen molar-refractivity contribution >= 4 is 17.7 Å². The molecule has 124 valence electrons. The molecule has 0 bridgehead atoms. The van der Waals surface area contributed by atoms with Crippen LogP contribution in [-0.2, 0) is 9.59 Å². The zero-order valence-electron chi connectivity index (χ0n) is 13.1. The molecule has 1 heterocycles. The summed E-state index contributed by atoms with van der Waals surface area (Å²) in [6.45, 7) is 0.755. The van der Waals surface area contributed by atoms with E-state index >= 15 is 0 Å². The van der Waals surface area contributed by atoms with Gasteiger partial charge in [-0.05, 0) is 37.1 Å². The monoisotopic (exact) mass is 319 g/mol. The maximum Gasteiger partial charge on any atom is 0.251 e. The first-order chi connectivity index (χ1) is 11.0. The summed E-state index contributed by atoms with van der Waals surface area (Å²) in [4.78, 5) is 36.9. The number of methoxy groups -OCH3 is 1. The van der Waals surface area contributed by atoms with Gasteiger partial charge in [-0.3, -0.25) is 14.4 Å². The predicted molar refractivity (Wildman–Crippen MR) is 83.9 cm³/mol. The summed E-state index contributed by atoms with van der Waals surface area (Å²) in [5.41, 5.74) is 5.78. The summed E-state index contributed by atoms with van der Waals surface area (Å²) in [5.74, 6) is -0.226. The second-order valence-electron chi connectivity index (χ2n) is 5.38. The molecule has 0 spiro atoms. The van der Waals surface area contributed by atoms with E-state index in [0.29, 0.717) is 24.3 Å². The molecule has 1 fully saturated rings. The first-order valence-corrected chi connectivity index (χ1v) is 7.54. The predicted octanol–water partition coefficient (Wildman–Crippen LogP) is 0.291. The number of nitrogens with zero attached hydrogens (tertiary/aromatic N) is 1. The molecule has 0 aliphatic carbocycles. The third kappa shape index (κ3) is 4.21. The van der Waals surface area contributed by atoms with E-state index < -0.39 is 11.9 Å². The number of nitrogens with one attached hydrogen (secondary N) is 1. The number of benzene rings is 1. The maximum absolute atomic E-state index is 12.1. The highest BCUT2D eigenvalue weighted by Gasteiger charge is 2.32. The Bertz CT molecular complexity index is 585. The highest BCUT2D eigenvalue weighted by Crippen LogP contribution is 2.17. The van der Waals surface area contributed by atoms with E-state index in [0.717, 1.165) is 6.42 Å². The van der Waals surface area contributed by atoms with Gasteiger partial charge in [-0.2, -0.15) is 0 Å². The summed E-state index contributed by atoms with van der Waals surface area (Å²) in [5, 5.41) is 2.69. The molecule has 1 aromatic rings. The Balaban J connectivity index is 1.80. The van der Waals surface area contributed by atoms with E-state index in [9.17, 15) is 14.4 Å². The van der Waals surface area contributed by atoms with Crippen LogP contribution in [0.25, 0.3) is 0 Å². The van der Waals surface area contributed by atoms with Crippen molar-refractivity contribution in [2.75, 3.05) is 20.2 Å². The van der Waals surface area contributed by atoms with Crippen molar-refractivity contribution in [1.29, 1.82) is 0 Å². The number of amides is 3. The van der Waals surface area contributed by atoms with Crippen LogP contribution in [0.15, 0.2) is 24.3 Å². The van der Waals surface area contributed by atoms with Crippen molar-refractivity contribution in [1.82, 2.24) is 10.2 Å². The molecular weight excluding hydrogens is 298 g/mol. The van der Waals surface area contributed by atoms with Crippen LogP contribution in [0.5, 0.6) is 5.75 Å². The lowest BCUT2D eigenvalue weighted by Crippen LogP contribution is -2.44. The van der Waals surface area contributed by atoms with Gasteiger partial charge in [0.05, 0.1) is 7.11 Å².